The zero-order valence-corrected chi connectivity index (χ0v) is 14.8. The van der Waals surface area contributed by atoms with Crippen molar-refractivity contribution in [2.45, 2.75) is 6.92 Å². The van der Waals surface area contributed by atoms with Gasteiger partial charge in [-0.1, -0.05) is 36.4 Å². The number of hydrogen-bond acceptors (Lipinski definition) is 4. The number of nitrogens with zero attached hydrogens (tertiary/aromatic N) is 3. The average Bonchev–Trinajstić information content (AvgIpc) is 2.96. The summed E-state index contributed by atoms with van der Waals surface area (Å²) >= 11 is 0. The second-order valence-corrected chi connectivity index (χ2v) is 6.18. The molecule has 0 saturated heterocycles. The third-order valence-electron chi connectivity index (χ3n) is 4.26. The molecule has 0 N–H and O–H groups in total. The number of esters is 1. The number of rotatable bonds is 3. The van der Waals surface area contributed by atoms with Gasteiger partial charge in [0.25, 0.3) is 0 Å². The van der Waals surface area contributed by atoms with Crippen LogP contribution in [-0.4, -0.2) is 20.7 Å². The van der Waals surface area contributed by atoms with Crippen molar-refractivity contribution in [2.24, 2.45) is 7.05 Å². The van der Waals surface area contributed by atoms with Crippen LogP contribution in [0.3, 0.4) is 0 Å². The molecule has 2 aromatic heterocycles. The smallest absolute Gasteiger partial charge is 0.344 e. The van der Waals surface area contributed by atoms with Crippen molar-refractivity contribution in [3.63, 3.8) is 0 Å². The lowest BCUT2D eigenvalue weighted by Crippen LogP contribution is -2.10. The largest absolute Gasteiger partial charge is 0.423 e. The molecule has 27 heavy (non-hydrogen) atoms. The van der Waals surface area contributed by atoms with Crippen molar-refractivity contribution in [1.29, 1.82) is 0 Å². The van der Waals surface area contributed by atoms with Crippen LogP contribution in [0.15, 0.2) is 60.7 Å². The Kier molecular flexibility index (Phi) is 4.16. The second-order valence-electron chi connectivity index (χ2n) is 6.18. The van der Waals surface area contributed by atoms with Crippen LogP contribution >= 0.6 is 0 Å². The molecule has 0 aliphatic carbocycles. The topological polar surface area (TPSA) is 57.0 Å². The van der Waals surface area contributed by atoms with Crippen molar-refractivity contribution < 1.29 is 13.9 Å². The summed E-state index contributed by atoms with van der Waals surface area (Å²) in [6, 6.07) is 16.7. The Balaban J connectivity index is 1.86. The molecule has 0 bridgehead atoms. The quantitative estimate of drug-likeness (QED) is 0.403. The highest BCUT2D eigenvalue weighted by atomic mass is 19.1. The van der Waals surface area contributed by atoms with E-state index in [-0.39, 0.29) is 5.75 Å². The predicted octanol–water partition coefficient (Wildman–Crippen LogP) is 4.30. The van der Waals surface area contributed by atoms with Crippen LogP contribution in [0.25, 0.3) is 22.3 Å². The number of carbonyl (C=O) groups is 1. The van der Waals surface area contributed by atoms with Crippen LogP contribution in [0, 0.1) is 12.7 Å². The SMILES string of the molecule is Cc1nn(C)c2nc(-c3ccccc3)cc(C(=O)Oc3cccc(F)c3)c12. The van der Waals surface area contributed by atoms with E-state index in [2.05, 4.69) is 10.1 Å². The summed E-state index contributed by atoms with van der Waals surface area (Å²) in [6.07, 6.45) is 0. The molecular formula is C21H16FN3O2. The Morgan fingerprint density at radius 3 is 2.59 bits per heavy atom. The number of ether oxygens (including phenoxy) is 1. The Morgan fingerprint density at radius 2 is 1.85 bits per heavy atom. The van der Waals surface area contributed by atoms with Crippen LogP contribution in [0.4, 0.5) is 4.39 Å². The van der Waals surface area contributed by atoms with Gasteiger partial charge in [-0.3, -0.25) is 4.68 Å². The molecule has 2 aromatic carbocycles. The molecule has 0 fully saturated rings. The summed E-state index contributed by atoms with van der Waals surface area (Å²) in [5.74, 6) is -0.906. The van der Waals surface area contributed by atoms with Crippen molar-refractivity contribution >= 4 is 17.0 Å². The molecule has 0 aliphatic heterocycles. The van der Waals surface area contributed by atoms with Gasteiger partial charge in [0.2, 0.25) is 0 Å². The zero-order chi connectivity index (χ0) is 19.0. The maximum atomic E-state index is 13.4. The van der Waals surface area contributed by atoms with Crippen molar-refractivity contribution in [1.82, 2.24) is 14.8 Å². The van der Waals surface area contributed by atoms with Gasteiger partial charge in [-0.25, -0.2) is 14.2 Å². The van der Waals surface area contributed by atoms with Gasteiger partial charge in [-0.15, -0.1) is 0 Å². The van der Waals surface area contributed by atoms with E-state index in [1.165, 1.54) is 24.3 Å². The number of halogens is 1. The van der Waals surface area contributed by atoms with Crippen LogP contribution in [-0.2, 0) is 7.05 Å². The molecule has 134 valence electrons. The number of benzene rings is 2. The highest BCUT2D eigenvalue weighted by molar-refractivity contribution is 6.05. The third-order valence-corrected chi connectivity index (χ3v) is 4.26. The first kappa shape index (κ1) is 16.9. The number of aryl methyl sites for hydroxylation is 2. The summed E-state index contributed by atoms with van der Waals surface area (Å²) in [5.41, 5.74) is 3.11. The fraction of sp³-hybridized carbons (Fsp3) is 0.0952. The first-order valence-electron chi connectivity index (χ1n) is 8.40. The van der Waals surface area contributed by atoms with Gasteiger partial charge in [-0.05, 0) is 25.1 Å². The van der Waals surface area contributed by atoms with Gasteiger partial charge in [-0.2, -0.15) is 5.10 Å². The molecule has 2 heterocycles. The van der Waals surface area contributed by atoms with Gasteiger partial charge in [0.1, 0.15) is 11.6 Å². The van der Waals surface area contributed by atoms with Gasteiger partial charge in [0.15, 0.2) is 5.65 Å². The van der Waals surface area contributed by atoms with E-state index in [0.717, 1.165) is 5.56 Å². The lowest BCUT2D eigenvalue weighted by molar-refractivity contribution is 0.0736. The fourth-order valence-corrected chi connectivity index (χ4v) is 3.06. The molecule has 4 rings (SSSR count). The molecular weight excluding hydrogens is 345 g/mol. The minimum absolute atomic E-state index is 0.146. The van der Waals surface area contributed by atoms with Crippen LogP contribution in [0.5, 0.6) is 5.75 Å². The number of hydrogen-bond donors (Lipinski definition) is 0. The summed E-state index contributed by atoms with van der Waals surface area (Å²) in [6.45, 7) is 1.81. The Morgan fingerprint density at radius 1 is 1.07 bits per heavy atom. The summed E-state index contributed by atoms with van der Waals surface area (Å²) < 4.78 is 20.4. The number of fused-ring (bicyclic) bond motifs is 1. The van der Waals surface area contributed by atoms with E-state index in [9.17, 15) is 9.18 Å². The second kappa shape index (κ2) is 6.64. The van der Waals surface area contributed by atoms with Crippen LogP contribution in [0.2, 0.25) is 0 Å². The van der Waals surface area contributed by atoms with Gasteiger partial charge in [0.05, 0.1) is 22.3 Å². The van der Waals surface area contributed by atoms with E-state index in [4.69, 9.17) is 4.74 Å². The number of pyridine rings is 1. The molecule has 4 aromatic rings. The van der Waals surface area contributed by atoms with Crippen LogP contribution in [0.1, 0.15) is 16.1 Å². The number of aromatic nitrogens is 3. The minimum atomic E-state index is -0.582. The Labute approximate surface area is 155 Å². The molecule has 0 saturated carbocycles. The first-order chi connectivity index (χ1) is 13.0. The Bertz CT molecular complexity index is 1150. The maximum Gasteiger partial charge on any atom is 0.344 e. The monoisotopic (exact) mass is 361 g/mol. The summed E-state index contributed by atoms with van der Waals surface area (Å²) in [7, 11) is 1.78. The molecule has 5 nitrogen and oxygen atoms in total. The maximum absolute atomic E-state index is 13.4. The van der Waals surface area contributed by atoms with E-state index >= 15 is 0 Å². The van der Waals surface area contributed by atoms with Crippen molar-refractivity contribution in [3.8, 4) is 17.0 Å². The van der Waals surface area contributed by atoms with E-state index in [1.807, 2.05) is 37.3 Å². The van der Waals surface area contributed by atoms with E-state index < -0.39 is 11.8 Å². The molecule has 0 spiro atoms. The zero-order valence-electron chi connectivity index (χ0n) is 14.8. The molecule has 0 atom stereocenters. The number of carbonyl (C=O) groups excluding carboxylic acids is 1. The Hall–Kier alpha value is -3.54. The van der Waals surface area contributed by atoms with E-state index in [0.29, 0.717) is 28.0 Å². The molecule has 0 aliphatic rings. The molecule has 6 heteroatoms. The van der Waals surface area contributed by atoms with Crippen LogP contribution < -0.4 is 4.74 Å². The first-order valence-corrected chi connectivity index (χ1v) is 8.40. The lowest BCUT2D eigenvalue weighted by atomic mass is 10.1. The molecule has 0 amide bonds. The van der Waals surface area contributed by atoms with Crippen molar-refractivity contribution in [3.05, 3.63) is 77.7 Å². The molecule has 0 radical (unpaired) electrons. The van der Waals surface area contributed by atoms with Gasteiger partial charge < -0.3 is 4.74 Å². The highest BCUT2D eigenvalue weighted by Gasteiger charge is 2.21. The summed E-state index contributed by atoms with van der Waals surface area (Å²) in [5, 5.41) is 5.00. The third kappa shape index (κ3) is 3.17. The summed E-state index contributed by atoms with van der Waals surface area (Å²) in [4.78, 5) is 17.5. The van der Waals surface area contributed by atoms with Crippen molar-refractivity contribution in [2.75, 3.05) is 0 Å². The lowest BCUT2D eigenvalue weighted by Gasteiger charge is -2.09. The minimum Gasteiger partial charge on any atom is -0.423 e. The predicted molar refractivity (Wildman–Crippen MR) is 100 cm³/mol. The van der Waals surface area contributed by atoms with Gasteiger partial charge in [0, 0.05) is 18.7 Å². The normalized spacial score (nSPS) is 10.9. The average molecular weight is 361 g/mol. The van der Waals surface area contributed by atoms with Gasteiger partial charge >= 0.3 is 5.97 Å². The highest BCUT2D eigenvalue weighted by Crippen LogP contribution is 2.28. The molecule has 0 unspecified atom stereocenters. The van der Waals surface area contributed by atoms with E-state index in [1.54, 1.807) is 17.8 Å². The standard InChI is InChI=1S/C21H16FN3O2/c1-13-19-17(21(26)27-16-10-6-9-15(22)11-16)12-18(14-7-4-3-5-8-14)23-20(19)25(2)24-13/h3-12H,1-2H3. The fourth-order valence-electron chi connectivity index (χ4n) is 3.06.